The Bertz CT molecular complexity index is 809. The van der Waals surface area contributed by atoms with Crippen LogP contribution in [0.1, 0.15) is 23.0 Å². The van der Waals surface area contributed by atoms with Gasteiger partial charge in [0.15, 0.2) is 10.4 Å². The van der Waals surface area contributed by atoms with Crippen molar-refractivity contribution in [3.63, 3.8) is 0 Å². The zero-order valence-corrected chi connectivity index (χ0v) is 16.0. The van der Waals surface area contributed by atoms with Gasteiger partial charge >= 0.3 is 11.9 Å². The van der Waals surface area contributed by atoms with Crippen molar-refractivity contribution in [1.29, 1.82) is 0 Å². The highest BCUT2D eigenvalue weighted by Gasteiger charge is 2.08. The largest absolute Gasteiger partial charge is 0.462 e. The van der Waals surface area contributed by atoms with E-state index in [9.17, 15) is 14.4 Å². The molecule has 0 atom stereocenters. The van der Waals surface area contributed by atoms with Gasteiger partial charge in [-0.05, 0) is 72.0 Å². The van der Waals surface area contributed by atoms with Crippen LogP contribution in [0.2, 0.25) is 0 Å². The van der Waals surface area contributed by atoms with Gasteiger partial charge in [-0.15, -0.1) is 0 Å². The van der Waals surface area contributed by atoms with Crippen molar-refractivity contribution in [1.82, 2.24) is 0 Å². The first-order chi connectivity index (χ1) is 12.5. The Morgan fingerprint density at radius 1 is 1.12 bits per heavy atom. The van der Waals surface area contributed by atoms with Gasteiger partial charge in [0.2, 0.25) is 0 Å². The molecule has 136 valence electrons. The number of carbonyl (C=O) groups is 3. The second kappa shape index (κ2) is 9.76. The highest BCUT2D eigenvalue weighted by Crippen LogP contribution is 2.12. The number of amides is 1. The summed E-state index contributed by atoms with van der Waals surface area (Å²) in [6.07, 6.45) is 2.63. The molecule has 0 spiro atoms. The number of benzene rings is 1. The summed E-state index contributed by atoms with van der Waals surface area (Å²) in [7, 11) is 0. The molecule has 0 saturated heterocycles. The summed E-state index contributed by atoms with van der Waals surface area (Å²) in [6, 6.07) is 9.65. The van der Waals surface area contributed by atoms with E-state index in [-0.39, 0.29) is 6.61 Å². The van der Waals surface area contributed by atoms with Crippen LogP contribution >= 0.6 is 22.6 Å². The summed E-state index contributed by atoms with van der Waals surface area (Å²) in [5.41, 5.74) is 0.855. The van der Waals surface area contributed by atoms with E-state index in [1.165, 1.54) is 24.3 Å². The topological polar surface area (TPSA) is 94.8 Å². The summed E-state index contributed by atoms with van der Waals surface area (Å²) in [5.74, 6) is -1.08. The molecule has 0 fully saturated rings. The number of hydrogen-bond acceptors (Lipinski definition) is 6. The second-order valence-electron chi connectivity index (χ2n) is 4.93. The molecule has 0 bridgehead atoms. The lowest BCUT2D eigenvalue weighted by atomic mass is 10.2. The van der Waals surface area contributed by atoms with Gasteiger partial charge < -0.3 is 19.2 Å². The Labute approximate surface area is 163 Å². The maximum absolute atomic E-state index is 11.8. The Hall–Kier alpha value is -2.62. The van der Waals surface area contributed by atoms with Crippen LogP contribution < -0.4 is 5.32 Å². The Kier molecular flexibility index (Phi) is 7.39. The minimum atomic E-state index is -0.663. The fraction of sp³-hybridized carbons (Fsp3) is 0.167. The third-order valence-corrected chi connectivity index (χ3v) is 3.58. The van der Waals surface area contributed by atoms with Gasteiger partial charge in [0.25, 0.3) is 5.91 Å². The third-order valence-electron chi connectivity index (χ3n) is 3.00. The average molecular weight is 469 g/mol. The maximum Gasteiger partial charge on any atom is 0.338 e. The Balaban J connectivity index is 1.78. The quantitative estimate of drug-likeness (QED) is 0.380. The number of furan rings is 1. The zero-order valence-electron chi connectivity index (χ0n) is 13.9. The number of esters is 2. The fourth-order valence-electron chi connectivity index (χ4n) is 1.85. The Morgan fingerprint density at radius 2 is 1.85 bits per heavy atom. The normalized spacial score (nSPS) is 10.5. The fourth-order valence-corrected chi connectivity index (χ4v) is 2.29. The summed E-state index contributed by atoms with van der Waals surface area (Å²) in [5, 5.41) is 2.56. The first-order valence-corrected chi connectivity index (χ1v) is 8.73. The molecule has 0 aliphatic rings. The van der Waals surface area contributed by atoms with E-state index in [4.69, 9.17) is 13.9 Å². The van der Waals surface area contributed by atoms with Crippen LogP contribution in [-0.2, 0) is 19.1 Å². The highest BCUT2D eigenvalue weighted by atomic mass is 127. The molecule has 1 N–H and O–H groups in total. The van der Waals surface area contributed by atoms with Gasteiger partial charge in [-0.25, -0.2) is 9.59 Å². The molecule has 1 aromatic heterocycles. The van der Waals surface area contributed by atoms with Crippen molar-refractivity contribution < 1.29 is 28.3 Å². The van der Waals surface area contributed by atoms with Crippen molar-refractivity contribution in [2.75, 3.05) is 18.5 Å². The van der Waals surface area contributed by atoms with Crippen LogP contribution in [0.25, 0.3) is 6.08 Å². The standard InChI is InChI=1S/C18H16INO6/c1-2-24-18(23)12-3-5-13(6-4-12)20-16(21)11-25-17(22)10-8-14-7-9-15(19)26-14/h3-10H,2,11H2,1H3,(H,20,21). The summed E-state index contributed by atoms with van der Waals surface area (Å²) < 4.78 is 15.7. The number of ether oxygens (including phenoxy) is 2. The number of anilines is 1. The van der Waals surface area contributed by atoms with E-state index in [2.05, 4.69) is 5.32 Å². The molecule has 0 radical (unpaired) electrons. The molecular weight excluding hydrogens is 453 g/mol. The lowest BCUT2D eigenvalue weighted by molar-refractivity contribution is -0.142. The van der Waals surface area contributed by atoms with Crippen molar-refractivity contribution in [3.8, 4) is 0 Å². The zero-order chi connectivity index (χ0) is 18.9. The molecule has 1 aromatic carbocycles. The molecule has 0 saturated carbocycles. The first kappa shape index (κ1) is 19.7. The first-order valence-electron chi connectivity index (χ1n) is 7.65. The predicted molar refractivity (Wildman–Crippen MR) is 102 cm³/mol. The molecular formula is C18H16INO6. The second-order valence-corrected chi connectivity index (χ2v) is 5.99. The number of carbonyl (C=O) groups excluding carboxylic acids is 3. The van der Waals surface area contributed by atoms with Crippen molar-refractivity contribution in [2.24, 2.45) is 0 Å². The Morgan fingerprint density at radius 3 is 2.46 bits per heavy atom. The van der Waals surface area contributed by atoms with E-state index in [0.29, 0.717) is 20.8 Å². The van der Waals surface area contributed by atoms with Gasteiger partial charge in [-0.3, -0.25) is 4.79 Å². The highest BCUT2D eigenvalue weighted by molar-refractivity contribution is 14.1. The number of nitrogens with one attached hydrogen (secondary N) is 1. The van der Waals surface area contributed by atoms with E-state index < -0.39 is 24.5 Å². The van der Waals surface area contributed by atoms with Gasteiger partial charge in [-0.1, -0.05) is 0 Å². The molecule has 1 amide bonds. The molecule has 8 heteroatoms. The molecule has 26 heavy (non-hydrogen) atoms. The third kappa shape index (κ3) is 6.36. The van der Waals surface area contributed by atoms with Crippen LogP contribution in [0.3, 0.4) is 0 Å². The van der Waals surface area contributed by atoms with Crippen LogP contribution in [0.5, 0.6) is 0 Å². The minimum absolute atomic E-state index is 0.288. The molecule has 0 unspecified atom stereocenters. The summed E-state index contributed by atoms with van der Waals surface area (Å²) in [4.78, 5) is 34.9. The molecule has 0 aliphatic heterocycles. The van der Waals surface area contributed by atoms with Crippen LogP contribution in [0.4, 0.5) is 5.69 Å². The molecule has 0 aliphatic carbocycles. The predicted octanol–water partition coefficient (Wildman–Crippen LogP) is 3.26. The van der Waals surface area contributed by atoms with Crippen molar-refractivity contribution in [2.45, 2.75) is 6.92 Å². The molecule has 2 aromatic rings. The van der Waals surface area contributed by atoms with E-state index in [1.807, 2.05) is 22.6 Å². The lowest BCUT2D eigenvalue weighted by Crippen LogP contribution is -2.20. The lowest BCUT2D eigenvalue weighted by Gasteiger charge is -2.06. The van der Waals surface area contributed by atoms with Crippen molar-refractivity contribution in [3.05, 3.63) is 57.6 Å². The molecule has 7 nitrogen and oxygen atoms in total. The van der Waals surface area contributed by atoms with E-state index >= 15 is 0 Å². The maximum atomic E-state index is 11.8. The van der Waals surface area contributed by atoms with Crippen LogP contribution in [-0.4, -0.2) is 31.1 Å². The van der Waals surface area contributed by atoms with Crippen LogP contribution in [0, 0.1) is 3.77 Å². The van der Waals surface area contributed by atoms with Gasteiger partial charge in [0, 0.05) is 11.8 Å². The number of rotatable bonds is 7. The SMILES string of the molecule is CCOC(=O)c1ccc(NC(=O)COC(=O)C=Cc2ccc(I)o2)cc1. The molecule has 2 rings (SSSR count). The van der Waals surface area contributed by atoms with E-state index in [0.717, 1.165) is 0 Å². The minimum Gasteiger partial charge on any atom is -0.462 e. The number of hydrogen-bond donors (Lipinski definition) is 1. The van der Waals surface area contributed by atoms with Crippen LogP contribution in [0.15, 0.2) is 46.9 Å². The molecule has 1 heterocycles. The van der Waals surface area contributed by atoms with Gasteiger partial charge in [0.05, 0.1) is 12.2 Å². The number of halogens is 1. The monoisotopic (exact) mass is 469 g/mol. The summed E-state index contributed by atoms with van der Waals surface area (Å²) in [6.45, 7) is 1.58. The average Bonchev–Trinajstić information content (AvgIpc) is 3.04. The van der Waals surface area contributed by atoms with Gasteiger partial charge in [-0.2, -0.15) is 0 Å². The summed E-state index contributed by atoms with van der Waals surface area (Å²) >= 11 is 2.01. The smallest absolute Gasteiger partial charge is 0.338 e. The van der Waals surface area contributed by atoms with Crippen molar-refractivity contribution >= 4 is 52.2 Å². The van der Waals surface area contributed by atoms with E-state index in [1.54, 1.807) is 31.2 Å². The van der Waals surface area contributed by atoms with Gasteiger partial charge in [0.1, 0.15) is 5.76 Å².